The summed E-state index contributed by atoms with van der Waals surface area (Å²) in [5, 5.41) is 0. The number of rotatable bonds is 2. The monoisotopic (exact) mass is 295 g/mol. The zero-order chi connectivity index (χ0) is 12.4. The zero-order valence-corrected chi connectivity index (χ0v) is 11.9. The van der Waals surface area contributed by atoms with Gasteiger partial charge in [-0.2, -0.15) is 0 Å². The van der Waals surface area contributed by atoms with Crippen LogP contribution in [0.25, 0.3) is 0 Å². The number of likely N-dealkylation sites (tertiary alicyclic amines) is 1. The molecule has 0 radical (unpaired) electrons. The van der Waals surface area contributed by atoms with Crippen LogP contribution in [-0.4, -0.2) is 23.4 Å². The summed E-state index contributed by atoms with van der Waals surface area (Å²) < 4.78 is 1.09. The van der Waals surface area contributed by atoms with Gasteiger partial charge in [-0.05, 0) is 43.9 Å². The Hall–Kier alpha value is -0.830. The van der Waals surface area contributed by atoms with E-state index < -0.39 is 0 Å². The van der Waals surface area contributed by atoms with Gasteiger partial charge in [-0.3, -0.25) is 4.79 Å². The van der Waals surface area contributed by atoms with E-state index in [1.54, 1.807) is 0 Å². The van der Waals surface area contributed by atoms with Gasteiger partial charge in [0.15, 0.2) is 0 Å². The Morgan fingerprint density at radius 2 is 1.94 bits per heavy atom. The van der Waals surface area contributed by atoms with Gasteiger partial charge in [0.25, 0.3) is 0 Å². The number of halogens is 1. The maximum absolute atomic E-state index is 12.0. The Balaban J connectivity index is 2.07. The third kappa shape index (κ3) is 2.89. The summed E-state index contributed by atoms with van der Waals surface area (Å²) in [5.74, 6) is 0.685. The van der Waals surface area contributed by atoms with Gasteiger partial charge in [-0.25, -0.2) is 0 Å². The number of carbonyl (C=O) groups excluding carboxylic acids is 1. The van der Waals surface area contributed by atoms with E-state index in [4.69, 9.17) is 0 Å². The van der Waals surface area contributed by atoms with Crippen LogP contribution < -0.4 is 0 Å². The normalized spacial score (nSPS) is 21.1. The summed E-state index contributed by atoms with van der Waals surface area (Å²) in [6, 6.07) is 8.66. The molecule has 0 aliphatic carbocycles. The molecule has 1 aromatic carbocycles. The molecule has 17 heavy (non-hydrogen) atoms. The van der Waals surface area contributed by atoms with Crippen molar-refractivity contribution < 1.29 is 4.79 Å². The van der Waals surface area contributed by atoms with E-state index in [1.807, 2.05) is 4.90 Å². The van der Waals surface area contributed by atoms with Crippen LogP contribution >= 0.6 is 15.9 Å². The largest absolute Gasteiger partial charge is 0.340 e. The van der Waals surface area contributed by atoms with Crippen molar-refractivity contribution in [3.8, 4) is 0 Å². The highest BCUT2D eigenvalue weighted by atomic mass is 79.9. The lowest BCUT2D eigenvalue weighted by Gasteiger charge is -2.34. The second-order valence-electron chi connectivity index (χ2n) is 4.92. The van der Waals surface area contributed by atoms with Crippen LogP contribution in [0.4, 0.5) is 0 Å². The van der Waals surface area contributed by atoms with Crippen LogP contribution in [0.5, 0.6) is 0 Å². The second-order valence-corrected chi connectivity index (χ2v) is 5.84. The number of hydrogen-bond acceptors (Lipinski definition) is 1. The molecule has 0 saturated carbocycles. The van der Waals surface area contributed by atoms with Gasteiger partial charge in [0, 0.05) is 23.5 Å². The quantitative estimate of drug-likeness (QED) is 0.817. The Morgan fingerprint density at radius 3 is 2.47 bits per heavy atom. The molecule has 1 aliphatic rings. The topological polar surface area (TPSA) is 20.3 Å². The molecular formula is C14H18BrNO. The third-order valence-electron chi connectivity index (χ3n) is 3.42. The maximum atomic E-state index is 12.0. The average Bonchev–Trinajstić information content (AvgIpc) is 2.29. The van der Waals surface area contributed by atoms with E-state index in [-0.39, 0.29) is 0 Å². The predicted molar refractivity (Wildman–Crippen MR) is 73.0 cm³/mol. The number of piperidine rings is 1. The molecule has 1 unspecified atom stereocenters. The number of hydrogen-bond donors (Lipinski definition) is 0. The van der Waals surface area contributed by atoms with Crippen LogP contribution in [-0.2, 0) is 4.79 Å². The molecule has 0 bridgehead atoms. The van der Waals surface area contributed by atoms with E-state index in [0.717, 1.165) is 17.4 Å². The van der Waals surface area contributed by atoms with Gasteiger partial charge in [0.05, 0.1) is 0 Å². The number of amides is 1. The SMILES string of the molecule is CC(C)N1CCC(c2ccc(Br)cc2)CC1=O. The highest BCUT2D eigenvalue weighted by molar-refractivity contribution is 9.10. The van der Waals surface area contributed by atoms with Crippen molar-refractivity contribution >= 4 is 21.8 Å². The molecule has 2 rings (SSSR count). The summed E-state index contributed by atoms with van der Waals surface area (Å²) in [6.07, 6.45) is 1.73. The molecule has 3 heteroatoms. The molecule has 1 saturated heterocycles. The molecule has 0 aromatic heterocycles. The lowest BCUT2D eigenvalue weighted by molar-refractivity contribution is -0.135. The van der Waals surface area contributed by atoms with E-state index in [1.165, 1.54) is 5.56 Å². The van der Waals surface area contributed by atoms with Gasteiger partial charge in [0.1, 0.15) is 0 Å². The number of benzene rings is 1. The molecular weight excluding hydrogens is 278 g/mol. The highest BCUT2D eigenvalue weighted by Crippen LogP contribution is 2.30. The second kappa shape index (κ2) is 5.21. The first kappa shape index (κ1) is 12.6. The minimum absolute atomic E-state index is 0.291. The van der Waals surface area contributed by atoms with Crippen LogP contribution in [0.3, 0.4) is 0 Å². The number of carbonyl (C=O) groups is 1. The molecule has 92 valence electrons. The molecule has 1 heterocycles. The Labute approximate surface area is 111 Å². The summed E-state index contributed by atoms with van der Waals surface area (Å²) in [5.41, 5.74) is 1.28. The molecule has 1 aromatic rings. The molecule has 1 atom stereocenters. The smallest absolute Gasteiger partial charge is 0.223 e. The van der Waals surface area contributed by atoms with E-state index >= 15 is 0 Å². The first-order chi connectivity index (χ1) is 8.08. The van der Waals surface area contributed by atoms with Gasteiger partial charge in [-0.15, -0.1) is 0 Å². The van der Waals surface area contributed by atoms with Crippen molar-refractivity contribution in [1.82, 2.24) is 4.90 Å². The van der Waals surface area contributed by atoms with Crippen molar-refractivity contribution in [2.45, 2.75) is 38.6 Å². The van der Waals surface area contributed by atoms with E-state index in [2.05, 4.69) is 54.0 Å². The standard InChI is InChI=1S/C14H18BrNO/c1-10(2)16-8-7-12(9-14(16)17)11-3-5-13(15)6-4-11/h3-6,10,12H,7-9H2,1-2H3. The third-order valence-corrected chi connectivity index (χ3v) is 3.95. The van der Waals surface area contributed by atoms with Gasteiger partial charge >= 0.3 is 0 Å². The van der Waals surface area contributed by atoms with Gasteiger partial charge in [-0.1, -0.05) is 28.1 Å². The molecule has 1 fully saturated rings. The average molecular weight is 296 g/mol. The molecule has 1 amide bonds. The first-order valence-electron chi connectivity index (χ1n) is 6.13. The number of nitrogens with zero attached hydrogens (tertiary/aromatic N) is 1. The van der Waals surface area contributed by atoms with Crippen LogP contribution in [0.2, 0.25) is 0 Å². The highest BCUT2D eigenvalue weighted by Gasteiger charge is 2.27. The van der Waals surface area contributed by atoms with E-state index in [9.17, 15) is 4.79 Å². The van der Waals surface area contributed by atoms with E-state index in [0.29, 0.717) is 24.3 Å². The Bertz CT molecular complexity index is 399. The molecule has 1 aliphatic heterocycles. The maximum Gasteiger partial charge on any atom is 0.223 e. The fourth-order valence-corrected chi connectivity index (χ4v) is 2.68. The van der Waals surface area contributed by atoms with Crippen molar-refractivity contribution in [3.63, 3.8) is 0 Å². The summed E-state index contributed by atoms with van der Waals surface area (Å²) >= 11 is 3.43. The minimum atomic E-state index is 0.291. The fourth-order valence-electron chi connectivity index (χ4n) is 2.42. The molecule has 0 spiro atoms. The van der Waals surface area contributed by atoms with Crippen molar-refractivity contribution in [3.05, 3.63) is 34.3 Å². The lowest BCUT2D eigenvalue weighted by Crippen LogP contribution is -2.42. The predicted octanol–water partition coefficient (Wildman–Crippen LogP) is 3.56. The summed E-state index contributed by atoms with van der Waals surface area (Å²) in [6.45, 7) is 5.05. The molecule has 0 N–H and O–H groups in total. The van der Waals surface area contributed by atoms with Crippen molar-refractivity contribution in [1.29, 1.82) is 0 Å². The van der Waals surface area contributed by atoms with Gasteiger partial charge < -0.3 is 4.90 Å². The Kier molecular flexibility index (Phi) is 3.87. The van der Waals surface area contributed by atoms with Gasteiger partial charge in [0.2, 0.25) is 5.91 Å². The van der Waals surface area contributed by atoms with Crippen LogP contribution in [0.15, 0.2) is 28.7 Å². The first-order valence-corrected chi connectivity index (χ1v) is 6.92. The zero-order valence-electron chi connectivity index (χ0n) is 10.3. The Morgan fingerprint density at radius 1 is 1.29 bits per heavy atom. The fraction of sp³-hybridized carbons (Fsp3) is 0.500. The summed E-state index contributed by atoms with van der Waals surface area (Å²) in [4.78, 5) is 14.0. The van der Waals surface area contributed by atoms with Crippen molar-refractivity contribution in [2.75, 3.05) is 6.54 Å². The minimum Gasteiger partial charge on any atom is -0.340 e. The molecule has 2 nitrogen and oxygen atoms in total. The lowest BCUT2D eigenvalue weighted by atomic mass is 9.88. The van der Waals surface area contributed by atoms with Crippen LogP contribution in [0.1, 0.15) is 38.2 Å². The van der Waals surface area contributed by atoms with Crippen molar-refractivity contribution in [2.24, 2.45) is 0 Å². The summed E-state index contributed by atoms with van der Waals surface area (Å²) in [7, 11) is 0. The van der Waals surface area contributed by atoms with Crippen LogP contribution in [0, 0.1) is 0 Å².